The van der Waals surface area contributed by atoms with Crippen LogP contribution in [0, 0.1) is 0 Å². The second kappa shape index (κ2) is 5.44. The number of aromatic nitrogens is 1. The fraction of sp³-hybridized carbons (Fsp3) is 0.312. The fourth-order valence-corrected chi connectivity index (χ4v) is 2.49. The van der Waals surface area contributed by atoms with Gasteiger partial charge in [-0.15, -0.1) is 0 Å². The molecular weight excluding hydrogens is 318 g/mol. The molecule has 0 radical (unpaired) electrons. The van der Waals surface area contributed by atoms with Gasteiger partial charge in [-0.3, -0.25) is 4.79 Å². The number of nitrogens with one attached hydrogen (secondary N) is 1. The van der Waals surface area contributed by atoms with Gasteiger partial charge < -0.3 is 10.1 Å². The first-order valence-corrected chi connectivity index (χ1v) is 7.37. The molecule has 2 aromatic rings. The molecule has 106 valence electrons. The maximum Gasteiger partial charge on any atom is 0.255 e. The van der Waals surface area contributed by atoms with E-state index in [1.54, 1.807) is 18.3 Å². The molecule has 0 fully saturated rings. The molecule has 1 aromatic heterocycles. The van der Waals surface area contributed by atoms with Gasteiger partial charge in [0.05, 0.1) is 10.0 Å². The molecule has 1 aromatic carbocycles. The zero-order valence-corrected chi connectivity index (χ0v) is 13.4. The molecule has 0 spiro atoms. The van der Waals surface area contributed by atoms with E-state index in [4.69, 9.17) is 0 Å². The smallest absolute Gasteiger partial charge is 0.255 e. The second-order valence-electron chi connectivity index (χ2n) is 5.50. The summed E-state index contributed by atoms with van der Waals surface area (Å²) < 4.78 is 0.606. The molecule has 0 saturated carbocycles. The van der Waals surface area contributed by atoms with Crippen molar-refractivity contribution in [1.82, 2.24) is 4.98 Å². The Balaban J connectivity index is 2.71. The summed E-state index contributed by atoms with van der Waals surface area (Å²) in [6.07, 6.45) is 2.55. The van der Waals surface area contributed by atoms with Crippen LogP contribution in [0.4, 0.5) is 0 Å². The molecule has 4 heteroatoms. The molecule has 0 atom stereocenters. The molecule has 0 aliphatic carbocycles. The van der Waals surface area contributed by atoms with Crippen molar-refractivity contribution in [3.8, 4) is 16.9 Å². The highest BCUT2D eigenvalue weighted by molar-refractivity contribution is 9.10. The highest BCUT2D eigenvalue weighted by atomic mass is 79.9. The average Bonchev–Trinajstić information content (AvgIpc) is 2.42. The van der Waals surface area contributed by atoms with E-state index in [1.165, 1.54) is 0 Å². The van der Waals surface area contributed by atoms with Crippen molar-refractivity contribution >= 4 is 15.9 Å². The van der Waals surface area contributed by atoms with Crippen molar-refractivity contribution in [2.45, 2.75) is 32.6 Å². The van der Waals surface area contributed by atoms with Crippen LogP contribution in [0.1, 0.15) is 32.8 Å². The number of H-pyrrole nitrogens is 1. The number of phenols is 1. The van der Waals surface area contributed by atoms with Gasteiger partial charge in [0.1, 0.15) is 5.75 Å². The Morgan fingerprint density at radius 3 is 2.60 bits per heavy atom. The molecule has 0 saturated heterocycles. The van der Waals surface area contributed by atoms with E-state index in [0.717, 1.165) is 12.0 Å². The maximum absolute atomic E-state index is 11.9. The van der Waals surface area contributed by atoms with Crippen molar-refractivity contribution < 1.29 is 5.11 Å². The van der Waals surface area contributed by atoms with Crippen LogP contribution in [0.25, 0.3) is 11.1 Å². The third-order valence-electron chi connectivity index (χ3n) is 3.84. The molecular formula is C16H18BrNO2. The first-order valence-electron chi connectivity index (χ1n) is 6.58. The number of hydrogen-bond acceptors (Lipinski definition) is 2. The highest BCUT2D eigenvalue weighted by Gasteiger charge is 2.22. The minimum absolute atomic E-state index is 0.0213. The summed E-state index contributed by atoms with van der Waals surface area (Å²) in [5, 5.41) is 10.2. The Bertz CT molecular complexity index is 689. The van der Waals surface area contributed by atoms with E-state index >= 15 is 0 Å². The molecule has 0 bridgehead atoms. The number of aromatic hydroxyl groups is 1. The standard InChI is InChI=1S/C16H18BrNO2/c1-4-16(2,3)10-8-12(14(19)13(17)9-10)11-6-5-7-18-15(11)20/h5-9,19H,4H2,1-3H3,(H,18,20). The van der Waals surface area contributed by atoms with Crippen molar-refractivity contribution in [3.63, 3.8) is 0 Å². The van der Waals surface area contributed by atoms with Crippen LogP contribution in [0.2, 0.25) is 0 Å². The number of halogens is 1. The fourth-order valence-electron chi connectivity index (χ4n) is 2.03. The van der Waals surface area contributed by atoms with Gasteiger partial charge in [-0.05, 0) is 57.6 Å². The lowest BCUT2D eigenvalue weighted by Gasteiger charge is -2.24. The summed E-state index contributed by atoms with van der Waals surface area (Å²) >= 11 is 3.38. The Kier molecular flexibility index (Phi) is 4.04. The third-order valence-corrected chi connectivity index (χ3v) is 4.44. The van der Waals surface area contributed by atoms with Crippen molar-refractivity contribution in [3.05, 3.63) is 50.9 Å². The normalized spacial score (nSPS) is 11.6. The van der Waals surface area contributed by atoms with E-state index in [9.17, 15) is 9.90 Å². The van der Waals surface area contributed by atoms with Crippen LogP contribution in [0.3, 0.4) is 0 Å². The van der Waals surface area contributed by atoms with Crippen molar-refractivity contribution in [1.29, 1.82) is 0 Å². The first kappa shape index (κ1) is 14.9. The van der Waals surface area contributed by atoms with Crippen LogP contribution >= 0.6 is 15.9 Å². The number of rotatable bonds is 3. The zero-order chi connectivity index (χ0) is 14.9. The number of aromatic amines is 1. The molecule has 0 aliphatic rings. The first-order chi connectivity index (χ1) is 9.36. The molecule has 0 unspecified atom stereocenters. The quantitative estimate of drug-likeness (QED) is 0.883. The molecule has 2 rings (SSSR count). The molecule has 2 N–H and O–H groups in total. The molecule has 1 heterocycles. The van der Waals surface area contributed by atoms with Crippen molar-refractivity contribution in [2.75, 3.05) is 0 Å². The lowest BCUT2D eigenvalue weighted by atomic mass is 9.81. The zero-order valence-electron chi connectivity index (χ0n) is 11.8. The number of hydrogen-bond donors (Lipinski definition) is 2. The van der Waals surface area contributed by atoms with Gasteiger partial charge >= 0.3 is 0 Å². The second-order valence-corrected chi connectivity index (χ2v) is 6.36. The van der Waals surface area contributed by atoms with Crippen LogP contribution in [0.5, 0.6) is 5.75 Å². The number of benzene rings is 1. The molecule has 0 amide bonds. The summed E-state index contributed by atoms with van der Waals surface area (Å²) in [7, 11) is 0. The predicted octanol–water partition coefficient (Wildman–Crippen LogP) is 4.20. The summed E-state index contributed by atoms with van der Waals surface area (Å²) in [5.41, 5.74) is 1.88. The Morgan fingerprint density at radius 2 is 2.00 bits per heavy atom. The van der Waals surface area contributed by atoms with Crippen LogP contribution in [-0.4, -0.2) is 10.1 Å². The van der Waals surface area contributed by atoms with Crippen LogP contribution in [-0.2, 0) is 5.41 Å². The van der Waals surface area contributed by atoms with E-state index in [1.807, 2.05) is 12.1 Å². The van der Waals surface area contributed by atoms with Gasteiger partial charge in [0, 0.05) is 11.8 Å². The number of phenolic OH excluding ortho intramolecular Hbond substituents is 1. The monoisotopic (exact) mass is 335 g/mol. The summed E-state index contributed by atoms with van der Waals surface area (Å²) in [4.78, 5) is 14.6. The SMILES string of the molecule is CCC(C)(C)c1cc(Br)c(O)c(-c2ccc[nH]c2=O)c1. The largest absolute Gasteiger partial charge is 0.506 e. The van der Waals surface area contributed by atoms with Crippen LogP contribution in [0.15, 0.2) is 39.7 Å². The summed E-state index contributed by atoms with van der Waals surface area (Å²) in [6, 6.07) is 7.28. The lowest BCUT2D eigenvalue weighted by Crippen LogP contribution is -2.16. The molecule has 3 nitrogen and oxygen atoms in total. The van der Waals surface area contributed by atoms with Crippen LogP contribution < -0.4 is 5.56 Å². The van der Waals surface area contributed by atoms with Crippen molar-refractivity contribution in [2.24, 2.45) is 0 Å². The summed E-state index contributed by atoms with van der Waals surface area (Å²) in [5.74, 6) is 0.0948. The lowest BCUT2D eigenvalue weighted by molar-refractivity contribution is 0.470. The predicted molar refractivity (Wildman–Crippen MR) is 85.2 cm³/mol. The Morgan fingerprint density at radius 1 is 1.30 bits per heavy atom. The number of pyridine rings is 1. The topological polar surface area (TPSA) is 53.1 Å². The molecule has 20 heavy (non-hydrogen) atoms. The summed E-state index contributed by atoms with van der Waals surface area (Å²) in [6.45, 7) is 6.41. The van der Waals surface area contributed by atoms with E-state index in [-0.39, 0.29) is 16.7 Å². The van der Waals surface area contributed by atoms with E-state index < -0.39 is 0 Å². The highest BCUT2D eigenvalue weighted by Crippen LogP contribution is 2.39. The minimum Gasteiger partial charge on any atom is -0.506 e. The van der Waals surface area contributed by atoms with Gasteiger partial charge in [-0.1, -0.05) is 20.8 Å². The Hall–Kier alpha value is -1.55. The molecule has 0 aliphatic heterocycles. The van der Waals surface area contributed by atoms with Gasteiger partial charge in [0.15, 0.2) is 0 Å². The maximum atomic E-state index is 11.9. The van der Waals surface area contributed by atoms with E-state index in [2.05, 4.69) is 41.7 Å². The average molecular weight is 336 g/mol. The Labute approximate surface area is 126 Å². The van der Waals surface area contributed by atoms with Gasteiger partial charge in [-0.25, -0.2) is 0 Å². The van der Waals surface area contributed by atoms with E-state index in [0.29, 0.717) is 15.6 Å². The van der Waals surface area contributed by atoms with Gasteiger partial charge in [0.25, 0.3) is 5.56 Å². The third kappa shape index (κ3) is 2.66. The minimum atomic E-state index is -0.207. The van der Waals surface area contributed by atoms with Gasteiger partial charge in [0.2, 0.25) is 0 Å². The van der Waals surface area contributed by atoms with Gasteiger partial charge in [-0.2, -0.15) is 0 Å².